The van der Waals surface area contributed by atoms with Crippen LogP contribution < -0.4 is 10.6 Å². The summed E-state index contributed by atoms with van der Waals surface area (Å²) in [6.45, 7) is 4.27. The second-order valence-corrected chi connectivity index (χ2v) is 4.10. The number of rotatable bonds is 6. The molecule has 4 nitrogen and oxygen atoms in total. The van der Waals surface area contributed by atoms with E-state index in [1.54, 1.807) is 0 Å². The lowest BCUT2D eigenvalue weighted by Crippen LogP contribution is -2.36. The zero-order chi connectivity index (χ0) is 10.9. The molecule has 0 amide bonds. The van der Waals surface area contributed by atoms with Crippen LogP contribution in [-0.2, 0) is 9.53 Å². The van der Waals surface area contributed by atoms with E-state index in [-0.39, 0.29) is 5.97 Å². The van der Waals surface area contributed by atoms with Gasteiger partial charge in [-0.25, -0.2) is 0 Å². The molecule has 1 aliphatic rings. The highest BCUT2D eigenvalue weighted by Crippen LogP contribution is 2.07. The Balaban J connectivity index is 1.89. The first kappa shape index (κ1) is 12.5. The van der Waals surface area contributed by atoms with Crippen molar-refractivity contribution in [3.05, 3.63) is 0 Å². The Morgan fingerprint density at radius 3 is 3.13 bits per heavy atom. The number of hydrogen-bond donors (Lipinski definition) is 2. The summed E-state index contributed by atoms with van der Waals surface area (Å²) in [7, 11) is 1.43. The van der Waals surface area contributed by atoms with E-state index in [9.17, 15) is 4.79 Å². The molecular formula is C11H22N2O2. The molecule has 0 aromatic carbocycles. The topological polar surface area (TPSA) is 50.4 Å². The quantitative estimate of drug-likeness (QED) is 0.500. The average Bonchev–Trinajstić information content (AvgIpc) is 2.29. The summed E-state index contributed by atoms with van der Waals surface area (Å²) in [6.07, 6.45) is 3.99. The molecule has 0 aliphatic carbocycles. The highest BCUT2D eigenvalue weighted by molar-refractivity contribution is 5.68. The third-order valence-corrected chi connectivity index (χ3v) is 2.79. The fourth-order valence-electron chi connectivity index (χ4n) is 1.86. The molecular weight excluding hydrogens is 192 g/mol. The van der Waals surface area contributed by atoms with Crippen LogP contribution in [0.5, 0.6) is 0 Å². The van der Waals surface area contributed by atoms with E-state index in [1.165, 1.54) is 26.5 Å². The second-order valence-electron chi connectivity index (χ2n) is 4.10. The number of carbonyl (C=O) groups is 1. The SMILES string of the molecule is COC(=O)CCCNCC1CCCNC1. The smallest absolute Gasteiger partial charge is 0.305 e. The van der Waals surface area contributed by atoms with Crippen LogP contribution >= 0.6 is 0 Å². The fraction of sp³-hybridized carbons (Fsp3) is 0.909. The lowest BCUT2D eigenvalue weighted by atomic mass is 10.00. The van der Waals surface area contributed by atoms with Crippen molar-refractivity contribution in [1.29, 1.82) is 0 Å². The van der Waals surface area contributed by atoms with E-state index < -0.39 is 0 Å². The van der Waals surface area contributed by atoms with Gasteiger partial charge in [-0.1, -0.05) is 0 Å². The van der Waals surface area contributed by atoms with Crippen LogP contribution in [0.1, 0.15) is 25.7 Å². The van der Waals surface area contributed by atoms with Crippen molar-refractivity contribution in [1.82, 2.24) is 10.6 Å². The summed E-state index contributed by atoms with van der Waals surface area (Å²) in [5, 5.41) is 6.78. The summed E-state index contributed by atoms with van der Waals surface area (Å²) < 4.78 is 4.57. The molecule has 1 atom stereocenters. The van der Waals surface area contributed by atoms with Crippen LogP contribution in [0.3, 0.4) is 0 Å². The van der Waals surface area contributed by atoms with Gasteiger partial charge in [-0.2, -0.15) is 0 Å². The van der Waals surface area contributed by atoms with Gasteiger partial charge >= 0.3 is 5.97 Å². The van der Waals surface area contributed by atoms with Crippen molar-refractivity contribution < 1.29 is 9.53 Å². The van der Waals surface area contributed by atoms with Gasteiger partial charge in [0, 0.05) is 6.42 Å². The molecule has 0 saturated carbocycles. The zero-order valence-corrected chi connectivity index (χ0v) is 9.55. The van der Waals surface area contributed by atoms with Gasteiger partial charge in [0.15, 0.2) is 0 Å². The first-order valence-corrected chi connectivity index (χ1v) is 5.81. The molecule has 1 saturated heterocycles. The number of piperidine rings is 1. The number of carbonyl (C=O) groups excluding carboxylic acids is 1. The second kappa shape index (κ2) is 7.65. The summed E-state index contributed by atoms with van der Waals surface area (Å²) >= 11 is 0. The summed E-state index contributed by atoms with van der Waals surface area (Å²) in [5.41, 5.74) is 0. The molecule has 1 unspecified atom stereocenters. The molecule has 0 bridgehead atoms. The van der Waals surface area contributed by atoms with Crippen LogP contribution in [0.4, 0.5) is 0 Å². The van der Waals surface area contributed by atoms with Crippen molar-refractivity contribution in [3.8, 4) is 0 Å². The fourth-order valence-corrected chi connectivity index (χ4v) is 1.86. The Labute approximate surface area is 91.8 Å². The van der Waals surface area contributed by atoms with Crippen molar-refractivity contribution in [2.75, 3.05) is 33.3 Å². The normalized spacial score (nSPS) is 21.3. The summed E-state index contributed by atoms with van der Waals surface area (Å²) in [5.74, 6) is 0.646. The summed E-state index contributed by atoms with van der Waals surface area (Å²) in [4.78, 5) is 10.8. The van der Waals surface area contributed by atoms with E-state index >= 15 is 0 Å². The highest BCUT2D eigenvalue weighted by atomic mass is 16.5. The Morgan fingerprint density at radius 2 is 2.47 bits per heavy atom. The molecule has 1 aliphatic heterocycles. The van der Waals surface area contributed by atoms with Crippen LogP contribution in [0.15, 0.2) is 0 Å². The van der Waals surface area contributed by atoms with Crippen LogP contribution in [0, 0.1) is 5.92 Å². The first-order chi connectivity index (χ1) is 7.33. The molecule has 88 valence electrons. The van der Waals surface area contributed by atoms with E-state index in [0.717, 1.165) is 32.0 Å². The largest absolute Gasteiger partial charge is 0.469 e. The zero-order valence-electron chi connectivity index (χ0n) is 9.55. The molecule has 1 rings (SSSR count). The molecule has 0 radical (unpaired) electrons. The molecule has 4 heteroatoms. The van der Waals surface area contributed by atoms with Crippen LogP contribution in [0.25, 0.3) is 0 Å². The molecule has 0 aromatic heterocycles. The number of ether oxygens (including phenoxy) is 1. The molecule has 0 aromatic rings. The predicted molar refractivity (Wildman–Crippen MR) is 59.7 cm³/mol. The van der Waals surface area contributed by atoms with Crippen LogP contribution in [0.2, 0.25) is 0 Å². The van der Waals surface area contributed by atoms with E-state index in [2.05, 4.69) is 15.4 Å². The third kappa shape index (κ3) is 5.74. The molecule has 2 N–H and O–H groups in total. The summed E-state index contributed by atoms with van der Waals surface area (Å²) in [6, 6.07) is 0. The lowest BCUT2D eigenvalue weighted by molar-refractivity contribution is -0.140. The third-order valence-electron chi connectivity index (χ3n) is 2.79. The maximum Gasteiger partial charge on any atom is 0.305 e. The minimum Gasteiger partial charge on any atom is -0.469 e. The highest BCUT2D eigenvalue weighted by Gasteiger charge is 2.11. The lowest BCUT2D eigenvalue weighted by Gasteiger charge is -2.22. The van der Waals surface area contributed by atoms with Gasteiger partial charge in [0.05, 0.1) is 7.11 Å². The Morgan fingerprint density at radius 1 is 1.60 bits per heavy atom. The number of esters is 1. The van der Waals surface area contributed by atoms with Crippen LogP contribution in [-0.4, -0.2) is 39.3 Å². The van der Waals surface area contributed by atoms with E-state index in [0.29, 0.717) is 6.42 Å². The Hall–Kier alpha value is -0.610. The van der Waals surface area contributed by atoms with Gasteiger partial charge in [-0.05, 0) is 51.4 Å². The van der Waals surface area contributed by atoms with Crippen molar-refractivity contribution in [2.45, 2.75) is 25.7 Å². The predicted octanol–water partition coefficient (Wildman–Crippen LogP) is 0.529. The minimum atomic E-state index is -0.115. The van der Waals surface area contributed by atoms with E-state index in [4.69, 9.17) is 0 Å². The van der Waals surface area contributed by atoms with Crippen molar-refractivity contribution in [2.24, 2.45) is 5.92 Å². The first-order valence-electron chi connectivity index (χ1n) is 5.81. The van der Waals surface area contributed by atoms with Gasteiger partial charge in [0.2, 0.25) is 0 Å². The molecule has 1 fully saturated rings. The standard InChI is InChI=1S/C11H22N2O2/c1-15-11(14)5-3-7-13-9-10-4-2-6-12-8-10/h10,12-13H,2-9H2,1H3. The van der Waals surface area contributed by atoms with Gasteiger partial charge in [-0.3, -0.25) is 4.79 Å². The number of hydrogen-bond acceptors (Lipinski definition) is 4. The van der Waals surface area contributed by atoms with Gasteiger partial charge < -0.3 is 15.4 Å². The average molecular weight is 214 g/mol. The maximum absolute atomic E-state index is 10.8. The van der Waals surface area contributed by atoms with Crippen molar-refractivity contribution in [3.63, 3.8) is 0 Å². The molecule has 15 heavy (non-hydrogen) atoms. The van der Waals surface area contributed by atoms with Gasteiger partial charge in [0.25, 0.3) is 0 Å². The van der Waals surface area contributed by atoms with Gasteiger partial charge in [0.1, 0.15) is 0 Å². The number of nitrogens with one attached hydrogen (secondary N) is 2. The minimum absolute atomic E-state index is 0.115. The van der Waals surface area contributed by atoms with Gasteiger partial charge in [-0.15, -0.1) is 0 Å². The molecule has 1 heterocycles. The van der Waals surface area contributed by atoms with Crippen molar-refractivity contribution >= 4 is 5.97 Å². The monoisotopic (exact) mass is 214 g/mol. The van der Waals surface area contributed by atoms with E-state index in [1.807, 2.05) is 0 Å². The maximum atomic E-state index is 10.8. The number of methoxy groups -OCH3 is 1. The Bertz CT molecular complexity index is 179. The Kier molecular flexibility index (Phi) is 6.36. The molecule has 0 spiro atoms.